The van der Waals surface area contributed by atoms with Gasteiger partial charge < -0.3 is 14.9 Å². The highest BCUT2D eigenvalue weighted by atomic mass is 35.5. The SMILES string of the molecule is CCOc1cc(CNn2c(C)n[nH]c2=S)c(Cl)cc1OC. The number of hydrogen-bond acceptors (Lipinski definition) is 5. The zero-order valence-corrected chi connectivity index (χ0v) is 13.6. The third-order valence-corrected chi connectivity index (χ3v) is 3.53. The zero-order valence-electron chi connectivity index (χ0n) is 12.1. The third-order valence-electron chi connectivity index (χ3n) is 2.90. The van der Waals surface area contributed by atoms with Crippen molar-refractivity contribution >= 4 is 23.8 Å². The van der Waals surface area contributed by atoms with E-state index in [1.807, 2.05) is 19.9 Å². The fourth-order valence-corrected chi connectivity index (χ4v) is 2.33. The number of nitrogens with one attached hydrogen (secondary N) is 2. The molecule has 6 nitrogen and oxygen atoms in total. The molecule has 2 rings (SSSR count). The first-order chi connectivity index (χ1) is 10.1. The Kier molecular flexibility index (Phi) is 5.08. The van der Waals surface area contributed by atoms with Crippen LogP contribution >= 0.6 is 23.8 Å². The molecular weight excluding hydrogens is 312 g/mol. The summed E-state index contributed by atoms with van der Waals surface area (Å²) in [6.07, 6.45) is 0. The Morgan fingerprint density at radius 1 is 1.43 bits per heavy atom. The predicted octanol–water partition coefficient (Wildman–Crippen LogP) is 3.05. The number of methoxy groups -OCH3 is 1. The van der Waals surface area contributed by atoms with Gasteiger partial charge in [0.25, 0.3) is 0 Å². The van der Waals surface area contributed by atoms with Crippen molar-refractivity contribution in [3.8, 4) is 11.5 Å². The largest absolute Gasteiger partial charge is 0.493 e. The van der Waals surface area contributed by atoms with Crippen LogP contribution in [0.4, 0.5) is 0 Å². The Morgan fingerprint density at radius 3 is 2.76 bits per heavy atom. The van der Waals surface area contributed by atoms with Gasteiger partial charge in [0.1, 0.15) is 5.82 Å². The summed E-state index contributed by atoms with van der Waals surface area (Å²) in [5, 5.41) is 7.34. The van der Waals surface area contributed by atoms with Crippen LogP contribution in [0.3, 0.4) is 0 Å². The van der Waals surface area contributed by atoms with Gasteiger partial charge in [-0.1, -0.05) is 11.6 Å². The molecule has 0 atom stereocenters. The Hall–Kier alpha value is -1.73. The van der Waals surface area contributed by atoms with Crippen molar-refractivity contribution in [2.45, 2.75) is 20.4 Å². The highest BCUT2D eigenvalue weighted by Gasteiger charge is 2.11. The summed E-state index contributed by atoms with van der Waals surface area (Å²) < 4.78 is 13.0. The molecular formula is C13H17ClN4O2S. The molecule has 1 heterocycles. The van der Waals surface area contributed by atoms with Gasteiger partial charge in [0, 0.05) is 11.1 Å². The van der Waals surface area contributed by atoms with Crippen LogP contribution in [-0.2, 0) is 6.54 Å². The van der Waals surface area contributed by atoms with Crippen molar-refractivity contribution in [3.63, 3.8) is 0 Å². The summed E-state index contributed by atoms with van der Waals surface area (Å²) in [6.45, 7) is 4.80. The summed E-state index contributed by atoms with van der Waals surface area (Å²) >= 11 is 11.4. The van der Waals surface area contributed by atoms with E-state index in [9.17, 15) is 0 Å². The van der Waals surface area contributed by atoms with Gasteiger partial charge in [-0.05, 0) is 37.7 Å². The second kappa shape index (κ2) is 6.82. The minimum absolute atomic E-state index is 0.484. The maximum Gasteiger partial charge on any atom is 0.214 e. The number of H-pyrrole nitrogens is 1. The molecule has 21 heavy (non-hydrogen) atoms. The van der Waals surface area contributed by atoms with Gasteiger partial charge in [-0.3, -0.25) is 5.10 Å². The van der Waals surface area contributed by atoms with Crippen molar-refractivity contribution in [1.29, 1.82) is 0 Å². The summed E-state index contributed by atoms with van der Waals surface area (Å²) in [7, 11) is 1.58. The van der Waals surface area contributed by atoms with Crippen LogP contribution in [-0.4, -0.2) is 28.6 Å². The van der Waals surface area contributed by atoms with E-state index < -0.39 is 0 Å². The zero-order chi connectivity index (χ0) is 15.4. The topological polar surface area (TPSA) is 64.1 Å². The van der Waals surface area contributed by atoms with Crippen molar-refractivity contribution in [2.24, 2.45) is 0 Å². The molecule has 2 N–H and O–H groups in total. The maximum atomic E-state index is 6.27. The van der Waals surface area contributed by atoms with E-state index in [4.69, 9.17) is 33.3 Å². The number of aromatic nitrogens is 3. The second-order valence-electron chi connectivity index (χ2n) is 4.27. The lowest BCUT2D eigenvalue weighted by atomic mass is 10.2. The maximum absolute atomic E-state index is 6.27. The lowest BCUT2D eigenvalue weighted by Gasteiger charge is -2.14. The highest BCUT2D eigenvalue weighted by molar-refractivity contribution is 7.71. The van der Waals surface area contributed by atoms with Gasteiger partial charge in [-0.25, -0.2) is 4.68 Å². The van der Waals surface area contributed by atoms with Crippen LogP contribution in [0, 0.1) is 11.7 Å². The first-order valence-corrected chi connectivity index (χ1v) is 7.22. The molecule has 114 valence electrons. The Balaban J connectivity index is 2.23. The number of ether oxygens (including phenoxy) is 2. The lowest BCUT2D eigenvalue weighted by molar-refractivity contribution is 0.310. The summed E-state index contributed by atoms with van der Waals surface area (Å²) in [4.78, 5) is 0. The van der Waals surface area contributed by atoms with Crippen LogP contribution in [0.25, 0.3) is 0 Å². The van der Waals surface area contributed by atoms with Gasteiger partial charge in [-0.2, -0.15) is 5.10 Å². The number of halogens is 1. The van der Waals surface area contributed by atoms with Crippen LogP contribution in [0.1, 0.15) is 18.3 Å². The first-order valence-electron chi connectivity index (χ1n) is 6.44. The quantitative estimate of drug-likeness (QED) is 0.798. The minimum Gasteiger partial charge on any atom is -0.493 e. The smallest absolute Gasteiger partial charge is 0.214 e. The van der Waals surface area contributed by atoms with Crippen LogP contribution in [0.15, 0.2) is 12.1 Å². The predicted molar refractivity (Wildman–Crippen MR) is 84.4 cm³/mol. The molecule has 0 bridgehead atoms. The van der Waals surface area contributed by atoms with E-state index in [0.717, 1.165) is 11.4 Å². The Labute approximate surface area is 133 Å². The highest BCUT2D eigenvalue weighted by Crippen LogP contribution is 2.33. The third kappa shape index (κ3) is 3.48. The Bertz CT molecular complexity index is 683. The molecule has 0 aliphatic heterocycles. The van der Waals surface area contributed by atoms with Crippen LogP contribution in [0.5, 0.6) is 11.5 Å². The number of hydrogen-bond donors (Lipinski definition) is 2. The van der Waals surface area contributed by atoms with E-state index in [2.05, 4.69) is 15.6 Å². The molecule has 0 radical (unpaired) electrons. The molecule has 0 fully saturated rings. The molecule has 1 aromatic carbocycles. The van der Waals surface area contributed by atoms with Crippen LogP contribution < -0.4 is 14.9 Å². The standard InChI is InChI=1S/C13H17ClN4O2S/c1-4-20-12-5-9(10(14)6-11(12)19-3)7-15-18-8(2)16-17-13(18)21/h5-6,15H,4,7H2,1-3H3,(H,17,21). The fourth-order valence-electron chi connectivity index (χ4n) is 1.87. The van der Waals surface area contributed by atoms with E-state index in [-0.39, 0.29) is 0 Å². The van der Waals surface area contributed by atoms with E-state index >= 15 is 0 Å². The van der Waals surface area contributed by atoms with E-state index in [0.29, 0.717) is 34.4 Å². The van der Waals surface area contributed by atoms with Gasteiger partial charge >= 0.3 is 0 Å². The molecule has 1 aromatic heterocycles. The van der Waals surface area contributed by atoms with E-state index in [1.54, 1.807) is 17.9 Å². The average molecular weight is 329 g/mol. The monoisotopic (exact) mass is 328 g/mol. The molecule has 0 spiro atoms. The molecule has 0 aliphatic rings. The van der Waals surface area contributed by atoms with Crippen molar-refractivity contribution < 1.29 is 9.47 Å². The number of aryl methyl sites for hydroxylation is 1. The number of benzene rings is 1. The number of nitrogens with zero attached hydrogens (tertiary/aromatic N) is 2. The van der Waals surface area contributed by atoms with E-state index in [1.165, 1.54) is 0 Å². The summed E-state index contributed by atoms with van der Waals surface area (Å²) in [6, 6.07) is 3.60. The van der Waals surface area contributed by atoms with Gasteiger partial charge in [-0.15, -0.1) is 0 Å². The first kappa shape index (κ1) is 15.7. The van der Waals surface area contributed by atoms with Crippen molar-refractivity contribution in [1.82, 2.24) is 14.9 Å². The minimum atomic E-state index is 0.484. The van der Waals surface area contributed by atoms with Gasteiger partial charge in [0.2, 0.25) is 4.77 Å². The molecule has 0 saturated heterocycles. The number of rotatable bonds is 6. The average Bonchev–Trinajstić information content (AvgIpc) is 2.78. The van der Waals surface area contributed by atoms with Crippen molar-refractivity contribution in [3.05, 3.63) is 33.3 Å². The summed E-state index contributed by atoms with van der Waals surface area (Å²) in [5.41, 5.74) is 4.04. The molecule has 2 aromatic rings. The Morgan fingerprint density at radius 2 is 2.19 bits per heavy atom. The second-order valence-corrected chi connectivity index (χ2v) is 5.07. The lowest BCUT2D eigenvalue weighted by Crippen LogP contribution is -2.16. The van der Waals surface area contributed by atoms with Crippen LogP contribution in [0.2, 0.25) is 5.02 Å². The number of aromatic amines is 1. The molecule has 0 saturated carbocycles. The van der Waals surface area contributed by atoms with Gasteiger partial charge in [0.15, 0.2) is 11.5 Å². The molecule has 0 aliphatic carbocycles. The normalized spacial score (nSPS) is 10.5. The van der Waals surface area contributed by atoms with Crippen molar-refractivity contribution in [2.75, 3.05) is 19.1 Å². The fraction of sp³-hybridized carbons (Fsp3) is 0.385. The van der Waals surface area contributed by atoms with Gasteiger partial charge in [0.05, 0.1) is 20.3 Å². The summed E-state index contributed by atoms with van der Waals surface area (Å²) in [5.74, 6) is 2.02. The molecule has 0 unspecified atom stereocenters. The molecule has 8 heteroatoms. The molecule has 0 amide bonds.